The molecule has 3 aromatic rings. The molecule has 2 aromatic heterocycles. The third-order valence-corrected chi connectivity index (χ3v) is 6.46. The summed E-state index contributed by atoms with van der Waals surface area (Å²) in [5.74, 6) is 2.74. The van der Waals surface area contributed by atoms with Gasteiger partial charge in [0.05, 0.1) is 25.9 Å². The van der Waals surface area contributed by atoms with Crippen LogP contribution in [0, 0.1) is 0 Å². The maximum absolute atomic E-state index is 6.15. The summed E-state index contributed by atoms with van der Waals surface area (Å²) < 4.78 is 13.7. The van der Waals surface area contributed by atoms with E-state index >= 15 is 0 Å². The summed E-state index contributed by atoms with van der Waals surface area (Å²) in [4.78, 5) is 18.6. The molecule has 2 aliphatic heterocycles. The predicted molar refractivity (Wildman–Crippen MR) is 132 cm³/mol. The van der Waals surface area contributed by atoms with E-state index in [2.05, 4.69) is 25.4 Å². The molecule has 10 nitrogen and oxygen atoms in total. The van der Waals surface area contributed by atoms with Crippen LogP contribution in [0.15, 0.2) is 30.9 Å². The molecule has 0 aliphatic carbocycles. The second-order valence-corrected chi connectivity index (χ2v) is 8.82. The van der Waals surface area contributed by atoms with Crippen molar-refractivity contribution in [2.45, 2.75) is 19.3 Å². The summed E-state index contributed by atoms with van der Waals surface area (Å²) >= 11 is 0. The number of piperazine rings is 1. The minimum absolute atomic E-state index is 0.568. The van der Waals surface area contributed by atoms with Gasteiger partial charge in [-0.15, -0.1) is 0 Å². The molecule has 2 aliphatic rings. The molecule has 5 rings (SSSR count). The van der Waals surface area contributed by atoms with Crippen LogP contribution >= 0.6 is 0 Å². The number of methoxy groups -OCH3 is 1. The van der Waals surface area contributed by atoms with Crippen molar-refractivity contribution in [3.8, 4) is 17.4 Å². The molecular formula is C24H34N8O2. The first-order valence-electron chi connectivity index (χ1n) is 12.2. The zero-order valence-electron chi connectivity index (χ0n) is 19.9. The van der Waals surface area contributed by atoms with Gasteiger partial charge in [-0.2, -0.15) is 4.98 Å². The summed E-state index contributed by atoms with van der Waals surface area (Å²) in [7, 11) is 1.67. The van der Waals surface area contributed by atoms with Crippen LogP contribution in [-0.4, -0.2) is 95.5 Å². The zero-order chi connectivity index (χ0) is 23.2. The minimum Gasteiger partial charge on any atom is -0.493 e. The molecule has 10 heteroatoms. The number of hydrogen-bond acceptors (Lipinski definition) is 9. The maximum atomic E-state index is 6.15. The van der Waals surface area contributed by atoms with Crippen LogP contribution in [0.1, 0.15) is 19.3 Å². The van der Waals surface area contributed by atoms with E-state index in [9.17, 15) is 0 Å². The molecule has 2 saturated heterocycles. The fraction of sp³-hybridized carbons (Fsp3) is 0.542. The number of anilines is 1. The Morgan fingerprint density at radius 1 is 1.03 bits per heavy atom. The van der Waals surface area contributed by atoms with E-state index in [-0.39, 0.29) is 0 Å². The molecule has 0 amide bonds. The van der Waals surface area contributed by atoms with Gasteiger partial charge in [0.25, 0.3) is 0 Å². The van der Waals surface area contributed by atoms with E-state index in [0.29, 0.717) is 30.7 Å². The number of aromatic nitrogens is 4. The Hall–Kier alpha value is -2.95. The normalized spacial score (nSPS) is 17.3. The van der Waals surface area contributed by atoms with E-state index in [4.69, 9.17) is 19.4 Å². The van der Waals surface area contributed by atoms with Crippen LogP contribution in [0.5, 0.6) is 11.5 Å². The Labute approximate surface area is 200 Å². The van der Waals surface area contributed by atoms with Gasteiger partial charge in [-0.1, -0.05) is 0 Å². The third-order valence-electron chi connectivity index (χ3n) is 6.46. The highest BCUT2D eigenvalue weighted by molar-refractivity contribution is 5.92. The van der Waals surface area contributed by atoms with E-state index in [1.165, 1.54) is 25.9 Å². The van der Waals surface area contributed by atoms with Gasteiger partial charge in [0, 0.05) is 56.6 Å². The van der Waals surface area contributed by atoms with Gasteiger partial charge in [-0.25, -0.2) is 9.97 Å². The molecule has 4 heterocycles. The van der Waals surface area contributed by atoms with Gasteiger partial charge in [-0.3, -0.25) is 9.47 Å². The monoisotopic (exact) mass is 466 g/mol. The first-order valence-corrected chi connectivity index (χ1v) is 12.2. The van der Waals surface area contributed by atoms with E-state index in [0.717, 1.165) is 55.9 Å². The Bertz CT molecular complexity index is 1060. The molecule has 0 unspecified atom stereocenters. The zero-order valence-corrected chi connectivity index (χ0v) is 19.9. The lowest BCUT2D eigenvalue weighted by Gasteiger charge is -2.27. The first-order chi connectivity index (χ1) is 16.8. The quantitative estimate of drug-likeness (QED) is 0.435. The summed E-state index contributed by atoms with van der Waals surface area (Å²) in [6.45, 7) is 8.85. The van der Waals surface area contributed by atoms with Crippen molar-refractivity contribution in [2.24, 2.45) is 0 Å². The van der Waals surface area contributed by atoms with Crippen LogP contribution < -0.4 is 20.1 Å². The summed E-state index contributed by atoms with van der Waals surface area (Å²) in [5, 5.41) is 7.82. The maximum Gasteiger partial charge on any atom is 0.237 e. The largest absolute Gasteiger partial charge is 0.493 e. The van der Waals surface area contributed by atoms with Crippen LogP contribution in [-0.2, 0) is 0 Å². The van der Waals surface area contributed by atoms with Gasteiger partial charge < -0.3 is 25.0 Å². The average Bonchev–Trinajstić information content (AvgIpc) is 3.60. The smallest absolute Gasteiger partial charge is 0.237 e. The predicted octanol–water partition coefficient (Wildman–Crippen LogP) is 1.96. The van der Waals surface area contributed by atoms with Gasteiger partial charge in [0.15, 0.2) is 11.5 Å². The fourth-order valence-corrected chi connectivity index (χ4v) is 4.56. The Kier molecular flexibility index (Phi) is 7.37. The summed E-state index contributed by atoms with van der Waals surface area (Å²) in [5.41, 5.74) is 0.803. The highest BCUT2D eigenvalue weighted by Gasteiger charge is 2.17. The molecule has 0 bridgehead atoms. The lowest BCUT2D eigenvalue weighted by Crippen LogP contribution is -2.45. The Morgan fingerprint density at radius 2 is 1.88 bits per heavy atom. The van der Waals surface area contributed by atoms with Crippen molar-refractivity contribution in [3.63, 3.8) is 0 Å². The average molecular weight is 467 g/mol. The number of ether oxygens (including phenoxy) is 2. The van der Waals surface area contributed by atoms with Crippen molar-refractivity contribution in [1.29, 1.82) is 0 Å². The second kappa shape index (κ2) is 11.0. The van der Waals surface area contributed by atoms with Crippen molar-refractivity contribution >= 4 is 16.7 Å². The van der Waals surface area contributed by atoms with Crippen molar-refractivity contribution in [3.05, 3.63) is 30.9 Å². The number of hydrogen-bond donors (Lipinski definition) is 2. The van der Waals surface area contributed by atoms with Crippen molar-refractivity contribution in [2.75, 3.05) is 71.5 Å². The van der Waals surface area contributed by atoms with Gasteiger partial charge in [0.1, 0.15) is 12.1 Å². The van der Waals surface area contributed by atoms with Gasteiger partial charge in [0.2, 0.25) is 5.95 Å². The number of fused-ring (bicyclic) bond motifs is 1. The van der Waals surface area contributed by atoms with E-state index in [1.807, 2.05) is 22.9 Å². The SMILES string of the molecule is COc1cc2c(NCN3CCNCC3)nc(-n3ccnc3)nc2cc1OCCCN1CCCC1. The van der Waals surface area contributed by atoms with Gasteiger partial charge in [-0.05, 0) is 38.4 Å². The lowest BCUT2D eigenvalue weighted by atomic mass is 10.2. The van der Waals surface area contributed by atoms with Crippen LogP contribution in [0.2, 0.25) is 0 Å². The fourth-order valence-electron chi connectivity index (χ4n) is 4.56. The topological polar surface area (TPSA) is 92.6 Å². The van der Waals surface area contributed by atoms with E-state index < -0.39 is 0 Å². The number of rotatable bonds is 10. The van der Waals surface area contributed by atoms with Crippen molar-refractivity contribution < 1.29 is 9.47 Å². The number of likely N-dealkylation sites (tertiary alicyclic amines) is 1. The molecule has 2 fully saturated rings. The highest BCUT2D eigenvalue weighted by atomic mass is 16.5. The molecule has 1 aromatic carbocycles. The number of nitrogens with zero attached hydrogens (tertiary/aromatic N) is 6. The number of benzene rings is 1. The van der Waals surface area contributed by atoms with E-state index in [1.54, 1.807) is 19.6 Å². The van der Waals surface area contributed by atoms with Crippen LogP contribution in [0.3, 0.4) is 0 Å². The molecule has 182 valence electrons. The number of nitrogens with one attached hydrogen (secondary N) is 2. The Morgan fingerprint density at radius 3 is 2.65 bits per heavy atom. The Balaban J connectivity index is 1.39. The summed E-state index contributed by atoms with van der Waals surface area (Å²) in [6, 6.07) is 3.94. The molecule has 0 saturated carbocycles. The highest BCUT2D eigenvalue weighted by Crippen LogP contribution is 2.35. The molecule has 0 atom stereocenters. The van der Waals surface area contributed by atoms with Crippen LogP contribution in [0.4, 0.5) is 5.82 Å². The molecule has 34 heavy (non-hydrogen) atoms. The standard InChI is InChI=1S/C24H34N8O2/c1-33-21-15-19-20(16-22(21)34-14-4-10-30-8-2-3-9-30)28-24(32-13-7-26-17-32)29-23(19)27-18-31-11-5-25-6-12-31/h7,13,15-17,25H,2-6,8-12,14,18H2,1H3,(H,27,28,29). The van der Waals surface area contributed by atoms with Crippen LogP contribution in [0.25, 0.3) is 16.9 Å². The second-order valence-electron chi connectivity index (χ2n) is 8.82. The molecule has 0 spiro atoms. The third kappa shape index (κ3) is 5.40. The number of imidazole rings is 1. The van der Waals surface area contributed by atoms with Crippen molar-refractivity contribution in [1.82, 2.24) is 34.6 Å². The minimum atomic E-state index is 0.568. The molecular weight excluding hydrogens is 432 g/mol. The molecule has 0 radical (unpaired) electrons. The van der Waals surface area contributed by atoms with Gasteiger partial charge >= 0.3 is 0 Å². The first kappa shape index (κ1) is 22.8. The molecule has 2 N–H and O–H groups in total. The lowest BCUT2D eigenvalue weighted by molar-refractivity contribution is 0.254. The summed E-state index contributed by atoms with van der Waals surface area (Å²) in [6.07, 6.45) is 8.89.